The zero-order valence-corrected chi connectivity index (χ0v) is 10.1. The van der Waals surface area contributed by atoms with Crippen molar-refractivity contribution in [2.24, 2.45) is 0 Å². The quantitative estimate of drug-likeness (QED) is 0.744. The highest BCUT2D eigenvalue weighted by Gasteiger charge is 2.26. The lowest BCUT2D eigenvalue weighted by molar-refractivity contribution is 0.492. The molecule has 0 saturated carbocycles. The molecule has 1 aromatic carbocycles. The predicted octanol–water partition coefficient (Wildman–Crippen LogP) is 0.349. The molecule has 2 heterocycles. The molecule has 0 amide bonds. The summed E-state index contributed by atoms with van der Waals surface area (Å²) in [5, 5.41) is 24.4. The Kier molecular flexibility index (Phi) is 2.85. The number of nitrogens with one attached hydrogen (secondary N) is 1. The maximum Gasteiger partial charge on any atom is 0.374 e. The average Bonchev–Trinajstić information content (AvgIpc) is 2.78. The van der Waals surface area contributed by atoms with Gasteiger partial charge in [0.2, 0.25) is 0 Å². The Hall–Kier alpha value is -1.73. The maximum atomic E-state index is 9.49. The van der Waals surface area contributed by atoms with Crippen molar-refractivity contribution in [2.45, 2.75) is 25.7 Å². The number of aromatic nitrogens is 4. The second kappa shape index (κ2) is 4.51. The first kappa shape index (κ1) is 11.4. The Morgan fingerprint density at radius 2 is 2.28 bits per heavy atom. The van der Waals surface area contributed by atoms with E-state index < -0.39 is 7.05 Å². The number of fused-ring (bicyclic) bond motifs is 3. The van der Waals surface area contributed by atoms with Crippen LogP contribution < -0.4 is 5.23 Å². The van der Waals surface area contributed by atoms with E-state index in [1.165, 1.54) is 5.56 Å². The fraction of sp³-hybridized carbons (Fsp3) is 0.364. The molecule has 1 aliphatic rings. The van der Waals surface area contributed by atoms with E-state index in [-0.39, 0.29) is 6.04 Å². The second-order valence-corrected chi connectivity index (χ2v) is 4.51. The normalized spacial score (nSPS) is 17.8. The van der Waals surface area contributed by atoms with Crippen molar-refractivity contribution in [3.8, 4) is 5.69 Å². The second-order valence-electron chi connectivity index (χ2n) is 4.51. The summed E-state index contributed by atoms with van der Waals surface area (Å²) in [7, 11) is -0.582. The van der Waals surface area contributed by atoms with Crippen LogP contribution in [-0.2, 0) is 6.42 Å². The number of tetrazole rings is 1. The van der Waals surface area contributed by atoms with E-state index in [1.807, 2.05) is 18.2 Å². The summed E-state index contributed by atoms with van der Waals surface area (Å²) in [5.41, 5.74) is 2.24. The minimum Gasteiger partial charge on any atom is -0.437 e. The molecule has 18 heavy (non-hydrogen) atoms. The first-order valence-electron chi connectivity index (χ1n) is 6.06. The van der Waals surface area contributed by atoms with Gasteiger partial charge in [0.1, 0.15) is 0 Å². The van der Waals surface area contributed by atoms with Crippen LogP contribution in [0, 0.1) is 0 Å². The van der Waals surface area contributed by atoms with Crippen LogP contribution in [0.25, 0.3) is 5.69 Å². The van der Waals surface area contributed by atoms with Crippen LogP contribution in [0.15, 0.2) is 24.3 Å². The predicted molar refractivity (Wildman–Crippen MR) is 67.2 cm³/mol. The molecule has 0 bridgehead atoms. The summed E-state index contributed by atoms with van der Waals surface area (Å²) in [6.07, 6.45) is 1.79. The number of rotatable bonds is 2. The molecular formula is C11H14BN5O. The lowest BCUT2D eigenvalue weighted by Crippen LogP contribution is -2.35. The van der Waals surface area contributed by atoms with Crippen LogP contribution in [0.3, 0.4) is 0 Å². The van der Waals surface area contributed by atoms with Crippen LogP contribution in [0.1, 0.15) is 23.9 Å². The Bertz CT molecular complexity index is 556. The molecule has 1 aromatic heterocycles. The summed E-state index contributed by atoms with van der Waals surface area (Å²) >= 11 is 0. The van der Waals surface area contributed by atoms with Gasteiger partial charge in [0.05, 0.1) is 11.7 Å². The number of aryl methyl sites for hydroxylation is 1. The van der Waals surface area contributed by atoms with Gasteiger partial charge in [-0.3, -0.25) is 0 Å². The topological polar surface area (TPSA) is 75.9 Å². The van der Waals surface area contributed by atoms with Crippen molar-refractivity contribution in [1.82, 2.24) is 25.4 Å². The van der Waals surface area contributed by atoms with Crippen LogP contribution in [0.5, 0.6) is 0 Å². The minimum atomic E-state index is -0.582. The van der Waals surface area contributed by atoms with E-state index in [4.69, 9.17) is 0 Å². The van der Waals surface area contributed by atoms with E-state index in [9.17, 15) is 5.02 Å². The molecule has 3 rings (SSSR count). The largest absolute Gasteiger partial charge is 0.437 e. The Morgan fingerprint density at radius 3 is 3.11 bits per heavy atom. The highest BCUT2D eigenvalue weighted by atomic mass is 16.2. The van der Waals surface area contributed by atoms with Gasteiger partial charge < -0.3 is 10.3 Å². The van der Waals surface area contributed by atoms with Gasteiger partial charge in [-0.15, -0.1) is 5.10 Å². The van der Waals surface area contributed by atoms with Crippen LogP contribution in [0.4, 0.5) is 0 Å². The van der Waals surface area contributed by atoms with Gasteiger partial charge in [0, 0.05) is 0 Å². The zero-order valence-electron chi connectivity index (χ0n) is 10.1. The molecule has 7 heteroatoms. The van der Waals surface area contributed by atoms with Crippen molar-refractivity contribution >= 4 is 7.05 Å². The smallest absolute Gasteiger partial charge is 0.374 e. The highest BCUT2D eigenvalue weighted by Crippen LogP contribution is 2.27. The SMILES string of the molecule is CB(O)N[C@H]1CCc2ccccc2-n2nnnc21. The molecular weight excluding hydrogens is 229 g/mol. The molecule has 0 aliphatic carbocycles. The first-order chi connectivity index (χ1) is 8.75. The fourth-order valence-corrected chi connectivity index (χ4v) is 2.39. The number of benzene rings is 1. The molecule has 2 aromatic rings. The molecule has 1 atom stereocenters. The van der Waals surface area contributed by atoms with Crippen LogP contribution in [0.2, 0.25) is 6.82 Å². The van der Waals surface area contributed by atoms with Crippen molar-refractivity contribution in [3.05, 3.63) is 35.7 Å². The summed E-state index contributed by atoms with van der Waals surface area (Å²) in [6, 6.07) is 8.07. The van der Waals surface area contributed by atoms with Crippen molar-refractivity contribution in [3.63, 3.8) is 0 Å². The summed E-state index contributed by atoms with van der Waals surface area (Å²) in [6.45, 7) is 1.70. The Balaban J connectivity index is 2.06. The van der Waals surface area contributed by atoms with Gasteiger partial charge in [-0.05, 0) is 41.7 Å². The molecule has 0 unspecified atom stereocenters. The van der Waals surface area contributed by atoms with Crippen molar-refractivity contribution in [1.29, 1.82) is 0 Å². The molecule has 0 spiro atoms. The third-order valence-electron chi connectivity index (χ3n) is 3.17. The molecule has 2 N–H and O–H groups in total. The summed E-state index contributed by atoms with van der Waals surface area (Å²) < 4.78 is 1.75. The molecule has 6 nitrogen and oxygen atoms in total. The first-order valence-corrected chi connectivity index (χ1v) is 6.06. The van der Waals surface area contributed by atoms with E-state index in [2.05, 4.69) is 26.8 Å². The fourth-order valence-electron chi connectivity index (χ4n) is 2.39. The monoisotopic (exact) mass is 243 g/mol. The van der Waals surface area contributed by atoms with E-state index in [1.54, 1.807) is 11.5 Å². The number of nitrogens with zero attached hydrogens (tertiary/aromatic N) is 4. The lowest BCUT2D eigenvalue weighted by Gasteiger charge is -2.15. The van der Waals surface area contributed by atoms with E-state index >= 15 is 0 Å². The number of para-hydroxylation sites is 1. The maximum absolute atomic E-state index is 9.49. The Morgan fingerprint density at radius 1 is 1.44 bits per heavy atom. The average molecular weight is 243 g/mol. The van der Waals surface area contributed by atoms with Crippen LogP contribution in [-0.4, -0.2) is 32.3 Å². The van der Waals surface area contributed by atoms with Gasteiger partial charge in [0.25, 0.3) is 0 Å². The van der Waals surface area contributed by atoms with Gasteiger partial charge in [0.15, 0.2) is 5.82 Å². The summed E-state index contributed by atoms with van der Waals surface area (Å²) in [5.74, 6) is 0.751. The van der Waals surface area contributed by atoms with Gasteiger partial charge >= 0.3 is 7.05 Å². The lowest BCUT2D eigenvalue weighted by atomic mass is 9.86. The molecule has 0 fully saturated rings. The molecule has 92 valence electrons. The van der Waals surface area contributed by atoms with E-state index in [0.717, 1.165) is 24.4 Å². The van der Waals surface area contributed by atoms with Gasteiger partial charge in [-0.1, -0.05) is 18.2 Å². The van der Waals surface area contributed by atoms with Crippen LogP contribution >= 0.6 is 0 Å². The zero-order chi connectivity index (χ0) is 12.5. The molecule has 0 saturated heterocycles. The summed E-state index contributed by atoms with van der Waals surface area (Å²) in [4.78, 5) is 0. The van der Waals surface area contributed by atoms with Gasteiger partial charge in [-0.25, -0.2) is 0 Å². The van der Waals surface area contributed by atoms with Gasteiger partial charge in [-0.2, -0.15) is 4.68 Å². The minimum absolute atomic E-state index is 0.0348. The van der Waals surface area contributed by atoms with Crippen molar-refractivity contribution < 1.29 is 5.02 Å². The van der Waals surface area contributed by atoms with E-state index in [0.29, 0.717) is 0 Å². The standard InChI is InChI=1S/C11H14BN5O/c1-12(18)13-9-7-6-8-4-2-3-5-10(8)17-11(9)14-15-16-17/h2-5,9,13,18H,6-7H2,1H3/t9-/m0/s1. The highest BCUT2D eigenvalue weighted by molar-refractivity contribution is 6.45. The number of hydrogen-bond donors (Lipinski definition) is 2. The molecule has 1 aliphatic heterocycles. The van der Waals surface area contributed by atoms with Crippen molar-refractivity contribution in [2.75, 3.05) is 0 Å². The Labute approximate surface area is 105 Å². The third-order valence-corrected chi connectivity index (χ3v) is 3.17. The third kappa shape index (κ3) is 1.91. The molecule has 0 radical (unpaired) electrons. The number of hydrogen-bond acceptors (Lipinski definition) is 5.